The van der Waals surface area contributed by atoms with Crippen molar-refractivity contribution < 1.29 is 23.9 Å². The molecule has 0 heterocycles. The molecule has 2 atom stereocenters. The van der Waals surface area contributed by atoms with Crippen molar-refractivity contribution in [1.29, 1.82) is 0 Å². The summed E-state index contributed by atoms with van der Waals surface area (Å²) in [6.07, 6.45) is 0.0514. The van der Waals surface area contributed by atoms with Gasteiger partial charge >= 0.3 is 6.09 Å². The van der Waals surface area contributed by atoms with Crippen LogP contribution >= 0.6 is 0 Å². The van der Waals surface area contributed by atoms with Crippen molar-refractivity contribution in [3.63, 3.8) is 0 Å². The largest absolute Gasteiger partial charge is 0.444 e. The number of nitrogens with one attached hydrogen (secondary N) is 2. The van der Waals surface area contributed by atoms with Gasteiger partial charge in [-0.05, 0) is 63.8 Å². The van der Waals surface area contributed by atoms with Gasteiger partial charge in [-0.15, -0.1) is 0 Å². The standard InChI is InChI=1S/C29H40N4O5/c1-7-8-17-33(27(36)23(18-24(30)34)32-28(37)38-29(4,5)6)25(21-15-11-9-13-19(21)2)26(35)31-22-16-12-10-14-20(22)3/h9-16,23,25H,7-8,17-18H2,1-6H3,(H2,30,34)(H,31,35)(H,32,37). The second-order valence-electron chi connectivity index (χ2n) is 10.3. The molecule has 0 spiro atoms. The van der Waals surface area contributed by atoms with E-state index in [4.69, 9.17) is 10.5 Å². The van der Waals surface area contributed by atoms with Crippen LogP contribution in [-0.2, 0) is 19.1 Å². The van der Waals surface area contributed by atoms with Crippen LogP contribution in [-0.4, -0.2) is 46.9 Å². The average Bonchev–Trinajstić information content (AvgIpc) is 2.81. The second-order valence-corrected chi connectivity index (χ2v) is 10.3. The van der Waals surface area contributed by atoms with Gasteiger partial charge in [-0.1, -0.05) is 55.8 Å². The Morgan fingerprint density at radius 2 is 1.58 bits per heavy atom. The number of aryl methyl sites for hydroxylation is 2. The molecule has 0 saturated heterocycles. The number of nitrogens with two attached hydrogens (primary N) is 1. The summed E-state index contributed by atoms with van der Waals surface area (Å²) in [5.74, 6) is -1.78. The van der Waals surface area contributed by atoms with E-state index in [1.807, 2.05) is 51.1 Å². The summed E-state index contributed by atoms with van der Waals surface area (Å²) in [5, 5.41) is 5.46. The van der Waals surface area contributed by atoms with Gasteiger partial charge in [-0.25, -0.2) is 4.79 Å². The SMILES string of the molecule is CCCCN(C(=O)C(CC(N)=O)NC(=O)OC(C)(C)C)C(C(=O)Nc1ccccc1C)c1ccccc1C. The Morgan fingerprint density at radius 1 is 0.974 bits per heavy atom. The minimum absolute atomic E-state index is 0.223. The number of para-hydroxylation sites is 1. The number of carbonyl (C=O) groups is 4. The van der Waals surface area contributed by atoms with Gasteiger partial charge in [0.2, 0.25) is 11.8 Å². The number of anilines is 1. The number of primary amides is 1. The van der Waals surface area contributed by atoms with Crippen molar-refractivity contribution in [1.82, 2.24) is 10.2 Å². The Balaban J connectivity index is 2.55. The molecule has 0 saturated carbocycles. The Labute approximate surface area is 225 Å². The highest BCUT2D eigenvalue weighted by molar-refractivity contribution is 6.00. The zero-order valence-electron chi connectivity index (χ0n) is 23.2. The predicted octanol–water partition coefficient (Wildman–Crippen LogP) is 4.38. The van der Waals surface area contributed by atoms with Crippen molar-refractivity contribution in [3.05, 3.63) is 65.2 Å². The highest BCUT2D eigenvalue weighted by atomic mass is 16.6. The summed E-state index contributed by atoms with van der Waals surface area (Å²) in [5.41, 5.74) is 7.58. The molecule has 2 unspecified atom stereocenters. The Kier molecular flexibility index (Phi) is 10.9. The molecule has 4 N–H and O–H groups in total. The third-order valence-electron chi connectivity index (χ3n) is 5.88. The van der Waals surface area contributed by atoms with Gasteiger partial charge < -0.3 is 26.0 Å². The molecule has 38 heavy (non-hydrogen) atoms. The summed E-state index contributed by atoms with van der Waals surface area (Å²) in [7, 11) is 0. The average molecular weight is 525 g/mol. The van der Waals surface area contributed by atoms with Crippen LogP contribution in [0.5, 0.6) is 0 Å². The quantitative estimate of drug-likeness (QED) is 0.401. The first kappa shape index (κ1) is 30.3. The Bertz CT molecular complexity index is 1140. The van der Waals surface area contributed by atoms with Gasteiger partial charge in [-0.2, -0.15) is 0 Å². The van der Waals surface area contributed by atoms with E-state index in [9.17, 15) is 19.2 Å². The van der Waals surface area contributed by atoms with Crippen LogP contribution in [0, 0.1) is 13.8 Å². The van der Waals surface area contributed by atoms with Gasteiger partial charge in [0.15, 0.2) is 0 Å². The molecule has 9 heteroatoms. The van der Waals surface area contributed by atoms with Crippen LogP contribution < -0.4 is 16.4 Å². The number of ether oxygens (including phenoxy) is 1. The number of amides is 4. The molecule has 0 aromatic heterocycles. The zero-order valence-corrected chi connectivity index (χ0v) is 23.2. The molecule has 206 valence electrons. The number of alkyl carbamates (subject to hydrolysis) is 1. The fraction of sp³-hybridized carbons (Fsp3) is 0.448. The van der Waals surface area contributed by atoms with Gasteiger partial charge in [0.1, 0.15) is 17.7 Å². The number of unbranched alkanes of at least 4 members (excludes halogenated alkanes) is 1. The molecule has 0 aliphatic carbocycles. The van der Waals surface area contributed by atoms with E-state index in [-0.39, 0.29) is 6.54 Å². The van der Waals surface area contributed by atoms with E-state index in [2.05, 4.69) is 10.6 Å². The summed E-state index contributed by atoms with van der Waals surface area (Å²) in [6.45, 7) is 11.0. The number of benzene rings is 2. The predicted molar refractivity (Wildman–Crippen MR) is 147 cm³/mol. The summed E-state index contributed by atoms with van der Waals surface area (Å²) in [6, 6.07) is 12.4. The highest BCUT2D eigenvalue weighted by Crippen LogP contribution is 2.28. The first-order chi connectivity index (χ1) is 17.8. The number of hydrogen-bond acceptors (Lipinski definition) is 5. The van der Waals surface area contributed by atoms with Crippen molar-refractivity contribution in [2.24, 2.45) is 5.73 Å². The molecular formula is C29H40N4O5. The lowest BCUT2D eigenvalue weighted by molar-refractivity contribution is -0.142. The number of hydrogen-bond donors (Lipinski definition) is 3. The lowest BCUT2D eigenvalue weighted by Gasteiger charge is -2.35. The topological polar surface area (TPSA) is 131 Å². The maximum Gasteiger partial charge on any atom is 0.408 e. The van der Waals surface area contributed by atoms with E-state index in [1.165, 1.54) is 4.90 Å². The molecule has 0 fully saturated rings. The van der Waals surface area contributed by atoms with Crippen molar-refractivity contribution in [2.45, 2.75) is 78.5 Å². The molecule has 0 aliphatic heterocycles. The minimum Gasteiger partial charge on any atom is -0.444 e. The lowest BCUT2D eigenvalue weighted by Crippen LogP contribution is -2.53. The summed E-state index contributed by atoms with van der Waals surface area (Å²) in [4.78, 5) is 53.8. The van der Waals surface area contributed by atoms with Crippen LogP contribution in [0.2, 0.25) is 0 Å². The maximum atomic E-state index is 14.0. The minimum atomic E-state index is -1.31. The van der Waals surface area contributed by atoms with Gasteiger partial charge in [0.25, 0.3) is 5.91 Å². The first-order valence-corrected chi connectivity index (χ1v) is 12.8. The van der Waals surface area contributed by atoms with Crippen LogP contribution in [0.3, 0.4) is 0 Å². The molecule has 4 amide bonds. The molecule has 2 aromatic carbocycles. The molecule has 0 radical (unpaired) electrons. The molecule has 2 aromatic rings. The van der Waals surface area contributed by atoms with E-state index < -0.39 is 47.9 Å². The number of nitrogens with zero attached hydrogens (tertiary/aromatic N) is 1. The monoisotopic (exact) mass is 524 g/mol. The molecule has 0 aliphatic rings. The van der Waals surface area contributed by atoms with Gasteiger partial charge in [0.05, 0.1) is 6.42 Å². The van der Waals surface area contributed by atoms with E-state index in [0.29, 0.717) is 17.7 Å². The van der Waals surface area contributed by atoms with Crippen molar-refractivity contribution in [3.8, 4) is 0 Å². The van der Waals surface area contributed by atoms with Gasteiger partial charge in [-0.3, -0.25) is 14.4 Å². The lowest BCUT2D eigenvalue weighted by atomic mass is 9.97. The van der Waals surface area contributed by atoms with Crippen LogP contribution in [0.15, 0.2) is 48.5 Å². The first-order valence-electron chi connectivity index (χ1n) is 12.8. The highest BCUT2D eigenvalue weighted by Gasteiger charge is 2.37. The Morgan fingerprint density at radius 3 is 2.13 bits per heavy atom. The fourth-order valence-electron chi connectivity index (χ4n) is 4.00. The maximum absolute atomic E-state index is 14.0. The normalized spacial score (nSPS) is 12.7. The second kappa shape index (κ2) is 13.6. The molecular weight excluding hydrogens is 484 g/mol. The van der Waals surface area contributed by atoms with E-state index >= 15 is 0 Å². The van der Waals surface area contributed by atoms with Crippen LogP contribution in [0.1, 0.15) is 69.7 Å². The molecule has 9 nitrogen and oxygen atoms in total. The number of carbonyl (C=O) groups excluding carboxylic acids is 4. The fourth-order valence-corrected chi connectivity index (χ4v) is 4.00. The smallest absolute Gasteiger partial charge is 0.408 e. The third kappa shape index (κ3) is 8.90. The molecule has 0 bridgehead atoms. The summed E-state index contributed by atoms with van der Waals surface area (Å²) < 4.78 is 5.31. The van der Waals surface area contributed by atoms with Gasteiger partial charge in [0, 0.05) is 12.2 Å². The Hall–Kier alpha value is -3.88. The van der Waals surface area contributed by atoms with Crippen molar-refractivity contribution in [2.75, 3.05) is 11.9 Å². The molecule has 2 rings (SSSR count). The van der Waals surface area contributed by atoms with E-state index in [0.717, 1.165) is 17.5 Å². The van der Waals surface area contributed by atoms with Crippen LogP contribution in [0.25, 0.3) is 0 Å². The van der Waals surface area contributed by atoms with Crippen molar-refractivity contribution >= 4 is 29.5 Å². The van der Waals surface area contributed by atoms with E-state index in [1.54, 1.807) is 39.0 Å². The summed E-state index contributed by atoms with van der Waals surface area (Å²) >= 11 is 0. The third-order valence-corrected chi connectivity index (χ3v) is 5.88. The van der Waals surface area contributed by atoms with Crippen LogP contribution in [0.4, 0.5) is 10.5 Å². The zero-order chi connectivity index (χ0) is 28.5. The number of rotatable bonds is 11.